The molecular formula is C16H16N4S. The molecule has 0 bridgehead atoms. The number of aromatic nitrogens is 3. The van der Waals surface area contributed by atoms with Crippen molar-refractivity contribution >= 4 is 11.8 Å². The molecule has 0 aliphatic carbocycles. The molecule has 2 N–H and O–H groups in total. The van der Waals surface area contributed by atoms with Crippen molar-refractivity contribution in [3.05, 3.63) is 72.1 Å². The lowest BCUT2D eigenvalue weighted by atomic mass is 10.1. The maximum Gasteiger partial charge on any atom is 0.0858 e. The molecular weight excluding hydrogens is 280 g/mol. The number of rotatable bonds is 4. The fourth-order valence-electron chi connectivity index (χ4n) is 2.21. The van der Waals surface area contributed by atoms with Gasteiger partial charge in [-0.05, 0) is 36.1 Å². The summed E-state index contributed by atoms with van der Waals surface area (Å²) in [7, 11) is 0. The predicted molar refractivity (Wildman–Crippen MR) is 85.6 cm³/mol. The summed E-state index contributed by atoms with van der Waals surface area (Å²) in [5.74, 6) is 0. The molecule has 0 aliphatic heterocycles. The summed E-state index contributed by atoms with van der Waals surface area (Å²) < 4.78 is 1.78. The summed E-state index contributed by atoms with van der Waals surface area (Å²) in [5, 5.41) is 8.16. The first-order chi connectivity index (χ1) is 10.3. The van der Waals surface area contributed by atoms with E-state index in [1.807, 2.05) is 30.3 Å². The van der Waals surface area contributed by atoms with E-state index < -0.39 is 0 Å². The van der Waals surface area contributed by atoms with Crippen molar-refractivity contribution in [1.29, 1.82) is 0 Å². The van der Waals surface area contributed by atoms with Gasteiger partial charge < -0.3 is 5.73 Å². The lowest BCUT2D eigenvalue weighted by molar-refractivity contribution is 0.719. The molecule has 0 amide bonds. The predicted octanol–water partition coefficient (Wildman–Crippen LogP) is 3.04. The molecule has 2 aromatic carbocycles. The largest absolute Gasteiger partial charge is 0.319 e. The fourth-order valence-corrected chi connectivity index (χ4v) is 2.62. The van der Waals surface area contributed by atoms with E-state index in [0.717, 1.165) is 16.9 Å². The lowest BCUT2D eigenvalue weighted by Crippen LogP contribution is -2.16. The van der Waals surface area contributed by atoms with Crippen LogP contribution in [0.5, 0.6) is 0 Å². The SMILES string of the molecule is CSc1ccc(C(N)c2cnnn2-c2ccccc2)cc1. The molecule has 0 saturated carbocycles. The van der Waals surface area contributed by atoms with Gasteiger partial charge in [-0.3, -0.25) is 0 Å². The molecule has 0 fully saturated rings. The van der Waals surface area contributed by atoms with E-state index in [0.29, 0.717) is 0 Å². The molecule has 0 spiro atoms. The Hall–Kier alpha value is -2.11. The average molecular weight is 296 g/mol. The first kappa shape index (κ1) is 13.9. The Bertz CT molecular complexity index is 707. The third-order valence-electron chi connectivity index (χ3n) is 3.37. The molecule has 4 nitrogen and oxygen atoms in total. The summed E-state index contributed by atoms with van der Waals surface area (Å²) >= 11 is 1.72. The maximum absolute atomic E-state index is 6.38. The summed E-state index contributed by atoms with van der Waals surface area (Å²) in [4.78, 5) is 1.22. The molecule has 106 valence electrons. The molecule has 1 atom stereocenters. The summed E-state index contributed by atoms with van der Waals surface area (Å²) in [6.45, 7) is 0. The van der Waals surface area contributed by atoms with E-state index in [1.54, 1.807) is 22.6 Å². The number of hydrogen-bond donors (Lipinski definition) is 1. The van der Waals surface area contributed by atoms with Crippen molar-refractivity contribution in [2.24, 2.45) is 5.73 Å². The highest BCUT2D eigenvalue weighted by Crippen LogP contribution is 2.23. The highest BCUT2D eigenvalue weighted by Gasteiger charge is 2.16. The number of benzene rings is 2. The third kappa shape index (κ3) is 2.84. The van der Waals surface area contributed by atoms with Gasteiger partial charge in [-0.15, -0.1) is 16.9 Å². The van der Waals surface area contributed by atoms with Crippen LogP contribution in [0.3, 0.4) is 0 Å². The minimum atomic E-state index is -0.254. The van der Waals surface area contributed by atoms with Crippen LogP contribution in [0, 0.1) is 0 Å². The maximum atomic E-state index is 6.38. The molecule has 0 radical (unpaired) electrons. The van der Waals surface area contributed by atoms with Crippen LogP contribution in [0.25, 0.3) is 5.69 Å². The highest BCUT2D eigenvalue weighted by atomic mass is 32.2. The van der Waals surface area contributed by atoms with Crippen LogP contribution in [0.2, 0.25) is 0 Å². The molecule has 3 aromatic rings. The third-order valence-corrected chi connectivity index (χ3v) is 4.11. The van der Waals surface area contributed by atoms with Gasteiger partial charge in [0.15, 0.2) is 0 Å². The molecule has 1 heterocycles. The monoisotopic (exact) mass is 296 g/mol. The van der Waals surface area contributed by atoms with Gasteiger partial charge in [0, 0.05) is 4.90 Å². The van der Waals surface area contributed by atoms with E-state index in [-0.39, 0.29) is 6.04 Å². The highest BCUT2D eigenvalue weighted by molar-refractivity contribution is 7.98. The van der Waals surface area contributed by atoms with E-state index in [2.05, 4.69) is 40.8 Å². The van der Waals surface area contributed by atoms with E-state index in [9.17, 15) is 0 Å². The number of nitrogens with two attached hydrogens (primary N) is 1. The Balaban J connectivity index is 1.95. The van der Waals surface area contributed by atoms with E-state index in [1.165, 1.54) is 4.90 Å². The van der Waals surface area contributed by atoms with Crippen molar-refractivity contribution in [2.75, 3.05) is 6.26 Å². The summed E-state index contributed by atoms with van der Waals surface area (Å²) in [6.07, 6.45) is 3.78. The van der Waals surface area contributed by atoms with Gasteiger partial charge in [0.05, 0.1) is 23.6 Å². The molecule has 5 heteroatoms. The van der Waals surface area contributed by atoms with Crippen LogP contribution in [0.1, 0.15) is 17.3 Å². The van der Waals surface area contributed by atoms with Crippen molar-refractivity contribution in [1.82, 2.24) is 15.0 Å². The number of nitrogens with zero attached hydrogens (tertiary/aromatic N) is 3. The first-order valence-electron chi connectivity index (χ1n) is 6.65. The van der Waals surface area contributed by atoms with Crippen molar-refractivity contribution < 1.29 is 0 Å². The second-order valence-electron chi connectivity index (χ2n) is 4.66. The Kier molecular flexibility index (Phi) is 4.03. The van der Waals surface area contributed by atoms with Crippen molar-refractivity contribution in [3.63, 3.8) is 0 Å². The fraction of sp³-hybridized carbons (Fsp3) is 0.125. The standard InChI is InChI=1S/C16H16N4S/c1-21-14-9-7-12(8-10-14)16(17)15-11-18-19-20(15)13-5-3-2-4-6-13/h2-11,16H,17H2,1H3. The topological polar surface area (TPSA) is 56.7 Å². The van der Waals surface area contributed by atoms with Crippen molar-refractivity contribution in [2.45, 2.75) is 10.9 Å². The zero-order chi connectivity index (χ0) is 14.7. The van der Waals surface area contributed by atoms with Crippen LogP contribution in [0.15, 0.2) is 65.7 Å². The molecule has 1 aromatic heterocycles. The summed E-state index contributed by atoms with van der Waals surface area (Å²) in [5.41, 5.74) is 9.26. The van der Waals surface area contributed by atoms with Crippen LogP contribution in [-0.4, -0.2) is 21.2 Å². The summed E-state index contributed by atoms with van der Waals surface area (Å²) in [6, 6.07) is 17.9. The molecule has 21 heavy (non-hydrogen) atoms. The minimum Gasteiger partial charge on any atom is -0.319 e. The zero-order valence-corrected chi connectivity index (χ0v) is 12.5. The van der Waals surface area contributed by atoms with Gasteiger partial charge in [-0.25, -0.2) is 4.68 Å². The van der Waals surface area contributed by atoms with E-state index >= 15 is 0 Å². The molecule has 1 unspecified atom stereocenters. The van der Waals surface area contributed by atoms with Gasteiger partial charge in [-0.2, -0.15) is 0 Å². The lowest BCUT2D eigenvalue weighted by Gasteiger charge is -2.14. The van der Waals surface area contributed by atoms with Crippen LogP contribution in [0.4, 0.5) is 0 Å². The molecule has 0 saturated heterocycles. The van der Waals surface area contributed by atoms with Gasteiger partial charge in [-0.1, -0.05) is 35.5 Å². The van der Waals surface area contributed by atoms with Crippen LogP contribution >= 0.6 is 11.8 Å². The van der Waals surface area contributed by atoms with Gasteiger partial charge in [0.2, 0.25) is 0 Å². The number of thioether (sulfide) groups is 1. The van der Waals surface area contributed by atoms with E-state index in [4.69, 9.17) is 5.73 Å². The molecule has 0 aliphatic rings. The van der Waals surface area contributed by atoms with Crippen molar-refractivity contribution in [3.8, 4) is 5.69 Å². The Morgan fingerprint density at radius 3 is 2.43 bits per heavy atom. The minimum absolute atomic E-state index is 0.254. The second kappa shape index (κ2) is 6.11. The average Bonchev–Trinajstić information content (AvgIpc) is 3.04. The Morgan fingerprint density at radius 1 is 1.05 bits per heavy atom. The van der Waals surface area contributed by atoms with Crippen LogP contribution < -0.4 is 5.73 Å². The molecule has 3 rings (SSSR count). The number of hydrogen-bond acceptors (Lipinski definition) is 4. The first-order valence-corrected chi connectivity index (χ1v) is 7.87. The van der Waals surface area contributed by atoms with Crippen LogP contribution in [-0.2, 0) is 0 Å². The second-order valence-corrected chi connectivity index (χ2v) is 5.54. The quantitative estimate of drug-likeness (QED) is 0.752. The smallest absolute Gasteiger partial charge is 0.0858 e. The number of para-hydroxylation sites is 1. The Labute approximate surface area is 128 Å². The van der Waals surface area contributed by atoms with Gasteiger partial charge in [0.25, 0.3) is 0 Å². The normalized spacial score (nSPS) is 12.3. The zero-order valence-electron chi connectivity index (χ0n) is 11.7. The van der Waals surface area contributed by atoms with Gasteiger partial charge in [0.1, 0.15) is 0 Å². The Morgan fingerprint density at radius 2 is 1.76 bits per heavy atom. The van der Waals surface area contributed by atoms with Gasteiger partial charge >= 0.3 is 0 Å².